The Balaban J connectivity index is 2.14. The van der Waals surface area contributed by atoms with Gasteiger partial charge in [-0.3, -0.25) is 4.79 Å². The number of rotatable bonds is 5. The molecule has 0 bridgehead atoms. The smallest absolute Gasteiger partial charge is 0.339 e. The highest BCUT2D eigenvalue weighted by molar-refractivity contribution is 5.92. The van der Waals surface area contributed by atoms with Gasteiger partial charge in [0.1, 0.15) is 11.5 Å². The largest absolute Gasteiger partial charge is 0.416 e. The number of alkyl halides is 3. The number of carbonyl (C=O) groups is 1. The summed E-state index contributed by atoms with van der Waals surface area (Å²) >= 11 is 0. The van der Waals surface area contributed by atoms with Crippen LogP contribution in [0.2, 0.25) is 0 Å². The third-order valence-corrected chi connectivity index (χ3v) is 3.38. The molecule has 0 spiro atoms. The zero-order chi connectivity index (χ0) is 17.7. The van der Waals surface area contributed by atoms with E-state index in [4.69, 9.17) is 0 Å². The van der Waals surface area contributed by atoms with Crippen molar-refractivity contribution in [2.24, 2.45) is 0 Å². The number of aromatic nitrogens is 2. The molecule has 0 saturated carbocycles. The predicted molar refractivity (Wildman–Crippen MR) is 84.0 cm³/mol. The topological polar surface area (TPSA) is 58.1 Å². The number of halogens is 3. The Morgan fingerprint density at radius 1 is 1.17 bits per heavy atom. The molecule has 1 heterocycles. The molecule has 0 saturated heterocycles. The SMILES string of the molecule is CCN(CC)C(=O)c1cnc(Nc2cccc(C(F)(F)F)c2)cn1. The first kappa shape index (κ1) is 17.7. The van der Waals surface area contributed by atoms with Gasteiger partial charge in [-0.25, -0.2) is 9.97 Å². The van der Waals surface area contributed by atoms with Crippen molar-refractivity contribution >= 4 is 17.4 Å². The van der Waals surface area contributed by atoms with E-state index in [1.165, 1.54) is 24.5 Å². The van der Waals surface area contributed by atoms with Crippen molar-refractivity contribution in [2.75, 3.05) is 18.4 Å². The average Bonchev–Trinajstić information content (AvgIpc) is 2.56. The lowest BCUT2D eigenvalue weighted by Crippen LogP contribution is -2.31. The number of hydrogen-bond acceptors (Lipinski definition) is 4. The summed E-state index contributed by atoms with van der Waals surface area (Å²) in [5, 5.41) is 2.74. The van der Waals surface area contributed by atoms with E-state index in [2.05, 4.69) is 15.3 Å². The van der Waals surface area contributed by atoms with E-state index in [1.807, 2.05) is 13.8 Å². The maximum atomic E-state index is 12.7. The van der Waals surface area contributed by atoms with Crippen LogP contribution in [0, 0.1) is 0 Å². The molecule has 0 fully saturated rings. The Kier molecular flexibility index (Phi) is 5.38. The zero-order valence-electron chi connectivity index (χ0n) is 13.3. The summed E-state index contributed by atoms with van der Waals surface area (Å²) < 4.78 is 38.1. The summed E-state index contributed by atoms with van der Waals surface area (Å²) in [6, 6.07) is 4.77. The molecule has 0 aliphatic rings. The third kappa shape index (κ3) is 4.21. The molecule has 128 valence electrons. The lowest BCUT2D eigenvalue weighted by Gasteiger charge is -2.17. The van der Waals surface area contributed by atoms with Gasteiger partial charge in [0, 0.05) is 18.8 Å². The van der Waals surface area contributed by atoms with Crippen LogP contribution in [0.5, 0.6) is 0 Å². The van der Waals surface area contributed by atoms with E-state index in [0.29, 0.717) is 13.1 Å². The second-order valence-electron chi connectivity index (χ2n) is 4.97. The fraction of sp³-hybridized carbons (Fsp3) is 0.312. The first-order valence-corrected chi connectivity index (χ1v) is 7.40. The molecule has 8 heteroatoms. The summed E-state index contributed by atoms with van der Waals surface area (Å²) in [6.45, 7) is 4.83. The highest BCUT2D eigenvalue weighted by Gasteiger charge is 2.30. The fourth-order valence-corrected chi connectivity index (χ4v) is 2.10. The van der Waals surface area contributed by atoms with Gasteiger partial charge in [-0.15, -0.1) is 0 Å². The quantitative estimate of drug-likeness (QED) is 0.903. The van der Waals surface area contributed by atoms with Gasteiger partial charge in [0.15, 0.2) is 0 Å². The Morgan fingerprint density at radius 2 is 1.88 bits per heavy atom. The minimum absolute atomic E-state index is 0.188. The third-order valence-electron chi connectivity index (χ3n) is 3.38. The van der Waals surface area contributed by atoms with Crippen LogP contribution in [0.4, 0.5) is 24.7 Å². The molecule has 5 nitrogen and oxygen atoms in total. The molecule has 24 heavy (non-hydrogen) atoms. The molecular weight excluding hydrogens is 321 g/mol. The first-order valence-electron chi connectivity index (χ1n) is 7.40. The summed E-state index contributed by atoms with van der Waals surface area (Å²) in [6.07, 6.45) is -1.79. The van der Waals surface area contributed by atoms with E-state index in [1.54, 1.807) is 4.90 Å². The van der Waals surface area contributed by atoms with Gasteiger partial charge in [0.2, 0.25) is 0 Å². The molecule has 2 rings (SSSR count). The molecular formula is C16H17F3N4O. The Hall–Kier alpha value is -2.64. The highest BCUT2D eigenvalue weighted by Crippen LogP contribution is 2.31. The van der Waals surface area contributed by atoms with Crippen LogP contribution < -0.4 is 5.32 Å². The molecule has 0 aliphatic carbocycles. The lowest BCUT2D eigenvalue weighted by atomic mass is 10.2. The van der Waals surface area contributed by atoms with Crippen molar-refractivity contribution in [3.05, 3.63) is 47.9 Å². The maximum Gasteiger partial charge on any atom is 0.416 e. The fourth-order valence-electron chi connectivity index (χ4n) is 2.10. The highest BCUT2D eigenvalue weighted by atomic mass is 19.4. The van der Waals surface area contributed by atoms with Crippen LogP contribution in [0.25, 0.3) is 0 Å². The number of amides is 1. The minimum atomic E-state index is -4.41. The Labute approximate surface area is 137 Å². The lowest BCUT2D eigenvalue weighted by molar-refractivity contribution is -0.137. The summed E-state index contributed by atoms with van der Waals surface area (Å²) in [7, 11) is 0. The number of anilines is 2. The van der Waals surface area contributed by atoms with Crippen LogP contribution >= 0.6 is 0 Å². The molecule has 0 unspecified atom stereocenters. The number of carbonyl (C=O) groups excluding carboxylic acids is 1. The summed E-state index contributed by atoms with van der Waals surface area (Å²) in [5.41, 5.74) is -0.330. The van der Waals surface area contributed by atoms with E-state index >= 15 is 0 Å². The molecule has 1 aromatic carbocycles. The van der Waals surface area contributed by atoms with Gasteiger partial charge in [-0.1, -0.05) is 6.07 Å². The molecule has 0 atom stereocenters. The van der Waals surface area contributed by atoms with Crippen molar-refractivity contribution in [1.29, 1.82) is 0 Å². The van der Waals surface area contributed by atoms with Gasteiger partial charge in [-0.05, 0) is 32.0 Å². The second kappa shape index (κ2) is 7.29. The monoisotopic (exact) mass is 338 g/mol. The van der Waals surface area contributed by atoms with Gasteiger partial charge < -0.3 is 10.2 Å². The van der Waals surface area contributed by atoms with Crippen LogP contribution in [0.1, 0.15) is 29.9 Å². The van der Waals surface area contributed by atoms with Gasteiger partial charge in [0.25, 0.3) is 5.91 Å². The molecule has 0 radical (unpaired) electrons. The average molecular weight is 338 g/mol. The first-order chi connectivity index (χ1) is 11.3. The predicted octanol–water partition coefficient (Wildman–Crippen LogP) is 3.72. The molecule has 1 N–H and O–H groups in total. The van der Waals surface area contributed by atoms with Gasteiger partial charge >= 0.3 is 6.18 Å². The molecule has 1 amide bonds. The number of nitrogens with one attached hydrogen (secondary N) is 1. The normalized spacial score (nSPS) is 11.2. The maximum absolute atomic E-state index is 12.7. The Bertz CT molecular complexity index is 697. The number of benzene rings is 1. The Morgan fingerprint density at radius 3 is 2.42 bits per heavy atom. The van der Waals surface area contributed by atoms with Crippen molar-refractivity contribution in [1.82, 2.24) is 14.9 Å². The molecule has 2 aromatic rings. The second-order valence-corrected chi connectivity index (χ2v) is 4.97. The van der Waals surface area contributed by atoms with Crippen LogP contribution in [-0.4, -0.2) is 33.9 Å². The van der Waals surface area contributed by atoms with E-state index in [-0.39, 0.29) is 23.1 Å². The number of nitrogens with zero attached hydrogens (tertiary/aromatic N) is 3. The summed E-state index contributed by atoms with van der Waals surface area (Å²) in [5.74, 6) is 0.0172. The van der Waals surface area contributed by atoms with Crippen molar-refractivity contribution in [3.8, 4) is 0 Å². The van der Waals surface area contributed by atoms with E-state index < -0.39 is 11.7 Å². The summed E-state index contributed by atoms with van der Waals surface area (Å²) in [4.78, 5) is 21.8. The standard InChI is InChI=1S/C16H17F3N4O/c1-3-23(4-2)15(24)13-9-21-14(10-20-13)22-12-7-5-6-11(8-12)16(17,18)19/h5-10H,3-4H2,1-2H3,(H,21,22). The van der Waals surface area contributed by atoms with Crippen LogP contribution in [0.3, 0.4) is 0 Å². The van der Waals surface area contributed by atoms with Crippen LogP contribution in [0.15, 0.2) is 36.7 Å². The van der Waals surface area contributed by atoms with Crippen molar-refractivity contribution in [2.45, 2.75) is 20.0 Å². The zero-order valence-corrected chi connectivity index (χ0v) is 13.3. The number of hydrogen-bond donors (Lipinski definition) is 1. The van der Waals surface area contributed by atoms with E-state index in [0.717, 1.165) is 12.1 Å². The van der Waals surface area contributed by atoms with Crippen molar-refractivity contribution in [3.63, 3.8) is 0 Å². The minimum Gasteiger partial charge on any atom is -0.339 e. The van der Waals surface area contributed by atoms with Crippen LogP contribution in [-0.2, 0) is 6.18 Å². The van der Waals surface area contributed by atoms with Crippen molar-refractivity contribution < 1.29 is 18.0 Å². The van der Waals surface area contributed by atoms with E-state index in [9.17, 15) is 18.0 Å². The van der Waals surface area contributed by atoms with Gasteiger partial charge in [0.05, 0.1) is 18.0 Å². The van der Waals surface area contributed by atoms with Gasteiger partial charge in [-0.2, -0.15) is 13.2 Å². The molecule has 1 aromatic heterocycles. The molecule has 0 aliphatic heterocycles.